The molecule has 3 aromatic rings. The lowest BCUT2D eigenvalue weighted by Gasteiger charge is -2.26. The molecule has 2 aliphatic heterocycles. The Morgan fingerprint density at radius 1 is 1.29 bits per heavy atom. The fourth-order valence-corrected chi connectivity index (χ4v) is 6.28. The minimum Gasteiger partial charge on any atom is -0.598 e. The first-order chi connectivity index (χ1) is 16.7. The highest BCUT2D eigenvalue weighted by Gasteiger charge is 2.38. The van der Waals surface area contributed by atoms with Crippen LogP contribution in [-0.2, 0) is 22.6 Å². The Kier molecular flexibility index (Phi) is 7.07. The number of ether oxygens (including phenoxy) is 2. The summed E-state index contributed by atoms with van der Waals surface area (Å²) < 4.78 is 32.2. The standard InChI is InChI=1S/C25H32Cl2N4O3S/c1-5-33-18-12-16(26)22(27)24-21(18)20(15-13-28-31(14-15)19-8-6-7-11-34-19)23-17(9-10-30(23)24)29-35(32)25(2,3)4/h12-14,17,19,29H,5-11H2,1-4H3/t17-,19+,35+/m0/s1. The molecule has 1 N–H and O–H groups in total. The molecule has 2 aliphatic rings. The first-order valence-corrected chi connectivity index (χ1v) is 14.1. The number of aryl methyl sites for hydroxylation is 1. The van der Waals surface area contributed by atoms with Crippen LogP contribution in [0.15, 0.2) is 18.5 Å². The van der Waals surface area contributed by atoms with Gasteiger partial charge >= 0.3 is 0 Å². The molecular formula is C25H32Cl2N4O3S. The van der Waals surface area contributed by atoms with Gasteiger partial charge in [-0.2, -0.15) is 5.10 Å². The average Bonchev–Trinajstić information content (AvgIpc) is 3.53. The molecule has 0 unspecified atom stereocenters. The first kappa shape index (κ1) is 25.2. The van der Waals surface area contributed by atoms with Gasteiger partial charge in [-0.15, -0.1) is 4.72 Å². The van der Waals surface area contributed by atoms with E-state index in [9.17, 15) is 4.55 Å². The van der Waals surface area contributed by atoms with Gasteiger partial charge in [0.1, 0.15) is 16.7 Å². The molecule has 0 amide bonds. The predicted molar refractivity (Wildman–Crippen MR) is 142 cm³/mol. The van der Waals surface area contributed by atoms with E-state index < -0.39 is 11.4 Å². The minimum absolute atomic E-state index is 0.0638. The van der Waals surface area contributed by atoms with Gasteiger partial charge < -0.3 is 18.6 Å². The minimum atomic E-state index is -1.23. The summed E-state index contributed by atoms with van der Waals surface area (Å²) in [7, 11) is 0. The summed E-state index contributed by atoms with van der Waals surface area (Å²) in [6.45, 7) is 9.84. The van der Waals surface area contributed by atoms with Gasteiger partial charge in [-0.05, 0) is 53.4 Å². The van der Waals surface area contributed by atoms with Gasteiger partial charge in [-0.25, -0.2) is 4.68 Å². The van der Waals surface area contributed by atoms with Crippen LogP contribution in [0.4, 0.5) is 0 Å². The van der Waals surface area contributed by atoms with Gasteiger partial charge in [0.2, 0.25) is 0 Å². The van der Waals surface area contributed by atoms with Crippen LogP contribution in [-0.4, -0.2) is 36.9 Å². The van der Waals surface area contributed by atoms with Crippen molar-refractivity contribution < 1.29 is 14.0 Å². The third kappa shape index (κ3) is 4.58. The summed E-state index contributed by atoms with van der Waals surface area (Å²) in [5.74, 6) is 0.686. The first-order valence-electron chi connectivity index (χ1n) is 12.2. The zero-order chi connectivity index (χ0) is 24.9. The van der Waals surface area contributed by atoms with Crippen LogP contribution in [0.25, 0.3) is 22.0 Å². The van der Waals surface area contributed by atoms with E-state index in [1.54, 1.807) is 6.07 Å². The third-order valence-electron chi connectivity index (χ3n) is 6.64. The fourth-order valence-electron chi connectivity index (χ4n) is 5.00. The van der Waals surface area contributed by atoms with Gasteiger partial charge in [0, 0.05) is 53.6 Å². The van der Waals surface area contributed by atoms with Gasteiger partial charge in [0.25, 0.3) is 0 Å². The number of hydrogen-bond acceptors (Lipinski definition) is 5. The van der Waals surface area contributed by atoms with Gasteiger partial charge in [-0.3, -0.25) is 0 Å². The summed E-state index contributed by atoms with van der Waals surface area (Å²) in [6.07, 6.45) is 7.80. The number of aromatic nitrogens is 3. The quantitative estimate of drug-likeness (QED) is 0.367. The molecule has 1 saturated heterocycles. The summed E-state index contributed by atoms with van der Waals surface area (Å²) in [5.41, 5.74) is 3.82. The normalized spacial score (nSPS) is 21.5. The van der Waals surface area contributed by atoms with Crippen LogP contribution in [0.3, 0.4) is 0 Å². The molecule has 2 aromatic heterocycles. The maximum absolute atomic E-state index is 13.1. The van der Waals surface area contributed by atoms with Crippen LogP contribution < -0.4 is 9.46 Å². The van der Waals surface area contributed by atoms with Crippen LogP contribution in [0, 0.1) is 0 Å². The lowest BCUT2D eigenvalue weighted by molar-refractivity contribution is -0.0394. The van der Waals surface area contributed by atoms with E-state index in [2.05, 4.69) is 14.4 Å². The molecule has 35 heavy (non-hydrogen) atoms. The molecule has 5 rings (SSSR count). The van der Waals surface area contributed by atoms with E-state index in [0.29, 0.717) is 22.4 Å². The number of nitrogens with one attached hydrogen (secondary N) is 1. The molecule has 0 aliphatic carbocycles. The molecule has 0 bridgehead atoms. The highest BCUT2D eigenvalue weighted by atomic mass is 35.5. The SMILES string of the molecule is CCOc1cc(Cl)c(Cl)c2c1c(-c1cnn([C@H]3CCCCO3)c1)c1n2CC[C@@H]1N[S@+]([O-])C(C)(C)C. The molecular weight excluding hydrogens is 507 g/mol. The smallest absolute Gasteiger partial charge is 0.150 e. The fraction of sp³-hybridized carbons (Fsp3) is 0.560. The lowest BCUT2D eigenvalue weighted by atomic mass is 10.0. The Hall–Kier alpha value is -1.42. The number of halogens is 2. The Morgan fingerprint density at radius 3 is 2.77 bits per heavy atom. The van der Waals surface area contributed by atoms with Crippen molar-refractivity contribution in [3.63, 3.8) is 0 Å². The van der Waals surface area contributed by atoms with E-state index >= 15 is 0 Å². The van der Waals surface area contributed by atoms with E-state index in [1.807, 2.05) is 44.8 Å². The Morgan fingerprint density at radius 2 is 2.09 bits per heavy atom. The summed E-state index contributed by atoms with van der Waals surface area (Å²) >= 11 is 12.1. The Balaban J connectivity index is 1.70. The van der Waals surface area contributed by atoms with Crippen molar-refractivity contribution in [3.8, 4) is 16.9 Å². The lowest BCUT2D eigenvalue weighted by Crippen LogP contribution is -2.40. The van der Waals surface area contributed by atoms with Crippen molar-refractivity contribution in [3.05, 3.63) is 34.2 Å². The second-order valence-electron chi connectivity index (χ2n) is 10.1. The van der Waals surface area contributed by atoms with Crippen LogP contribution >= 0.6 is 23.2 Å². The molecule has 7 nitrogen and oxygen atoms in total. The molecule has 190 valence electrons. The Bertz CT molecular complexity index is 1230. The molecule has 0 spiro atoms. The van der Waals surface area contributed by atoms with Crippen molar-refractivity contribution in [1.82, 2.24) is 19.1 Å². The van der Waals surface area contributed by atoms with E-state index in [0.717, 1.165) is 66.6 Å². The van der Waals surface area contributed by atoms with Crippen molar-refractivity contribution in [2.24, 2.45) is 0 Å². The average molecular weight is 540 g/mol. The largest absolute Gasteiger partial charge is 0.598 e. The molecule has 1 aromatic carbocycles. The van der Waals surface area contributed by atoms with Crippen molar-refractivity contribution >= 4 is 45.5 Å². The zero-order valence-electron chi connectivity index (χ0n) is 20.6. The zero-order valence-corrected chi connectivity index (χ0v) is 22.9. The molecule has 10 heteroatoms. The van der Waals surface area contributed by atoms with Crippen LogP contribution in [0.1, 0.15) is 71.3 Å². The van der Waals surface area contributed by atoms with E-state index in [1.165, 1.54) is 0 Å². The maximum atomic E-state index is 13.1. The monoisotopic (exact) mass is 538 g/mol. The van der Waals surface area contributed by atoms with Gasteiger partial charge in [0.05, 0.1) is 39.8 Å². The van der Waals surface area contributed by atoms with E-state index in [-0.39, 0.29) is 17.0 Å². The van der Waals surface area contributed by atoms with Gasteiger partial charge in [0.15, 0.2) is 0 Å². The van der Waals surface area contributed by atoms with Crippen molar-refractivity contribution in [2.75, 3.05) is 13.2 Å². The molecule has 1 fully saturated rings. The van der Waals surface area contributed by atoms with Crippen LogP contribution in [0.5, 0.6) is 5.75 Å². The molecule has 4 heterocycles. The number of benzene rings is 1. The number of nitrogens with zero attached hydrogens (tertiary/aromatic N) is 3. The van der Waals surface area contributed by atoms with Crippen molar-refractivity contribution in [1.29, 1.82) is 0 Å². The van der Waals surface area contributed by atoms with Crippen molar-refractivity contribution in [2.45, 2.75) is 76.9 Å². The Labute approximate surface area is 219 Å². The molecule has 0 saturated carbocycles. The topological polar surface area (TPSA) is 76.3 Å². The second-order valence-corrected chi connectivity index (χ2v) is 12.9. The summed E-state index contributed by atoms with van der Waals surface area (Å²) in [6, 6.07) is 1.68. The summed E-state index contributed by atoms with van der Waals surface area (Å²) in [5, 5.41) is 6.53. The maximum Gasteiger partial charge on any atom is 0.150 e. The number of hydrogen-bond donors (Lipinski definition) is 1. The van der Waals surface area contributed by atoms with Crippen LogP contribution in [0.2, 0.25) is 10.0 Å². The van der Waals surface area contributed by atoms with E-state index in [4.69, 9.17) is 32.7 Å². The highest BCUT2D eigenvalue weighted by molar-refractivity contribution is 7.90. The number of fused-ring (bicyclic) bond motifs is 3. The van der Waals surface area contributed by atoms with Gasteiger partial charge in [-0.1, -0.05) is 23.2 Å². The second kappa shape index (κ2) is 9.80. The third-order valence-corrected chi connectivity index (χ3v) is 9.03. The number of rotatable bonds is 6. The highest BCUT2D eigenvalue weighted by Crippen LogP contribution is 2.50. The summed E-state index contributed by atoms with van der Waals surface area (Å²) in [4.78, 5) is 0. The molecule has 3 atom stereocenters. The predicted octanol–water partition coefficient (Wildman–Crippen LogP) is 6.41. The molecule has 0 radical (unpaired) electrons.